The lowest BCUT2D eigenvalue weighted by Crippen LogP contribution is -2.47. The van der Waals surface area contributed by atoms with E-state index in [2.05, 4.69) is 16.2 Å². The number of benzene rings is 1. The number of rotatable bonds is 4. The van der Waals surface area contributed by atoms with Gasteiger partial charge in [0.15, 0.2) is 5.11 Å². The fraction of sp³-hybridized carbons (Fsp3) is 0.429. The highest BCUT2D eigenvalue weighted by molar-refractivity contribution is 7.80. The summed E-state index contributed by atoms with van der Waals surface area (Å²) in [7, 11) is 4.75. The van der Waals surface area contributed by atoms with E-state index in [9.17, 15) is 4.79 Å². The summed E-state index contributed by atoms with van der Waals surface area (Å²) in [6.07, 6.45) is -0.663. The van der Waals surface area contributed by atoms with Gasteiger partial charge in [-0.2, -0.15) is 0 Å². The van der Waals surface area contributed by atoms with E-state index in [0.717, 1.165) is 5.56 Å². The molecule has 0 unspecified atom stereocenters. The predicted molar refractivity (Wildman–Crippen MR) is 87.0 cm³/mol. The van der Waals surface area contributed by atoms with Crippen LogP contribution < -0.4 is 25.6 Å². The summed E-state index contributed by atoms with van der Waals surface area (Å²) >= 11 is 4.85. The van der Waals surface area contributed by atoms with Crippen molar-refractivity contribution in [3.8, 4) is 11.5 Å². The Labute approximate surface area is 135 Å². The Hall–Kier alpha value is -2.22. The molecule has 7 nitrogen and oxygen atoms in total. The van der Waals surface area contributed by atoms with Gasteiger partial charge in [0.25, 0.3) is 0 Å². The van der Waals surface area contributed by atoms with Gasteiger partial charge in [-0.1, -0.05) is 0 Å². The first-order chi connectivity index (χ1) is 10.3. The lowest BCUT2D eigenvalue weighted by Gasteiger charge is -2.26. The molecular formula is C14H21N3O4S. The van der Waals surface area contributed by atoms with Crippen LogP contribution >= 0.6 is 12.2 Å². The Morgan fingerprint density at radius 3 is 2.09 bits per heavy atom. The Bertz CT molecular complexity index is 527. The van der Waals surface area contributed by atoms with Crippen molar-refractivity contribution in [1.82, 2.24) is 16.2 Å². The molecule has 0 saturated heterocycles. The highest BCUT2D eigenvalue weighted by Gasteiger charge is 2.27. The van der Waals surface area contributed by atoms with Gasteiger partial charge in [0.1, 0.15) is 17.1 Å². The molecule has 1 aromatic rings. The van der Waals surface area contributed by atoms with E-state index in [-0.39, 0.29) is 5.11 Å². The minimum Gasteiger partial charge on any atom is -0.497 e. The maximum Gasteiger partial charge on any atom is 0.426 e. The minimum atomic E-state index is -0.894. The molecule has 0 atom stereocenters. The summed E-state index contributed by atoms with van der Waals surface area (Å²) in [6.45, 7) is 3.52. The van der Waals surface area contributed by atoms with E-state index in [1.807, 2.05) is 0 Å². The van der Waals surface area contributed by atoms with E-state index in [0.29, 0.717) is 11.5 Å². The molecule has 0 aliphatic heterocycles. The third-order valence-electron chi connectivity index (χ3n) is 2.90. The molecule has 1 rings (SSSR count). The maximum atomic E-state index is 11.8. The zero-order valence-corrected chi connectivity index (χ0v) is 14.1. The standard InChI is InChI=1S/C14H21N3O4S/c1-14(2,21-13(18)17-16-12(22)15-3)9-6-10(19-4)8-11(7-9)20-5/h6-8H,1-5H3,(H,17,18)(H2,15,16,22). The normalized spacial score (nSPS) is 10.4. The SMILES string of the molecule is CNC(=S)NNC(=O)OC(C)(C)c1cc(OC)cc(OC)c1. The second kappa shape index (κ2) is 7.69. The molecule has 0 aliphatic rings. The topological polar surface area (TPSA) is 80.9 Å². The summed E-state index contributed by atoms with van der Waals surface area (Å²) in [6, 6.07) is 5.30. The van der Waals surface area contributed by atoms with Crippen molar-refractivity contribution in [2.45, 2.75) is 19.4 Å². The first-order valence-corrected chi connectivity index (χ1v) is 6.93. The number of methoxy groups -OCH3 is 2. The van der Waals surface area contributed by atoms with Crippen LogP contribution in [0.15, 0.2) is 18.2 Å². The first-order valence-electron chi connectivity index (χ1n) is 6.52. The summed E-state index contributed by atoms with van der Waals surface area (Å²) < 4.78 is 15.8. The average Bonchev–Trinajstić information content (AvgIpc) is 2.51. The van der Waals surface area contributed by atoms with Crippen molar-refractivity contribution >= 4 is 23.4 Å². The van der Waals surface area contributed by atoms with Crippen LogP contribution in [0.3, 0.4) is 0 Å². The monoisotopic (exact) mass is 327 g/mol. The number of hydrazine groups is 1. The molecule has 0 saturated carbocycles. The van der Waals surface area contributed by atoms with Crippen molar-refractivity contribution in [1.29, 1.82) is 0 Å². The van der Waals surface area contributed by atoms with Gasteiger partial charge in [0.2, 0.25) is 0 Å². The van der Waals surface area contributed by atoms with Gasteiger partial charge in [-0.3, -0.25) is 5.43 Å². The van der Waals surface area contributed by atoms with E-state index < -0.39 is 11.7 Å². The van der Waals surface area contributed by atoms with Crippen molar-refractivity contribution < 1.29 is 19.0 Å². The molecule has 0 fully saturated rings. The van der Waals surface area contributed by atoms with Gasteiger partial charge < -0.3 is 19.5 Å². The zero-order chi connectivity index (χ0) is 16.8. The number of hydrogen-bond donors (Lipinski definition) is 3. The van der Waals surface area contributed by atoms with E-state index in [1.54, 1.807) is 53.3 Å². The third kappa shape index (κ3) is 4.96. The van der Waals surface area contributed by atoms with Crippen LogP contribution in [0.1, 0.15) is 19.4 Å². The molecule has 3 N–H and O–H groups in total. The van der Waals surface area contributed by atoms with Gasteiger partial charge in [-0.05, 0) is 38.2 Å². The molecule has 0 aromatic heterocycles. The molecule has 0 bridgehead atoms. The molecule has 0 spiro atoms. The van der Waals surface area contributed by atoms with Crippen LogP contribution in [0.4, 0.5) is 4.79 Å². The number of thiocarbonyl (C=S) groups is 1. The first kappa shape index (κ1) is 17.8. The van der Waals surface area contributed by atoms with Crippen LogP contribution in [0, 0.1) is 0 Å². The molecule has 1 amide bonds. The molecule has 8 heteroatoms. The highest BCUT2D eigenvalue weighted by atomic mass is 32.1. The second-order valence-electron chi connectivity index (χ2n) is 4.83. The number of nitrogens with one attached hydrogen (secondary N) is 3. The number of carbonyl (C=O) groups excluding carboxylic acids is 1. The average molecular weight is 327 g/mol. The number of hydrogen-bond acceptors (Lipinski definition) is 5. The lowest BCUT2D eigenvalue weighted by molar-refractivity contribution is 0.0348. The Morgan fingerprint density at radius 2 is 1.64 bits per heavy atom. The summed E-state index contributed by atoms with van der Waals surface area (Å²) in [5.41, 5.74) is 4.67. The van der Waals surface area contributed by atoms with E-state index in [1.165, 1.54) is 0 Å². The molecule has 0 aliphatic carbocycles. The second-order valence-corrected chi connectivity index (χ2v) is 5.24. The van der Waals surface area contributed by atoms with Gasteiger partial charge >= 0.3 is 6.09 Å². The van der Waals surface area contributed by atoms with Crippen molar-refractivity contribution in [2.24, 2.45) is 0 Å². The van der Waals surface area contributed by atoms with Crippen LogP contribution in [-0.2, 0) is 10.3 Å². The quantitative estimate of drug-likeness (QED) is 0.573. The fourth-order valence-corrected chi connectivity index (χ4v) is 1.69. The van der Waals surface area contributed by atoms with Gasteiger partial charge in [-0.25, -0.2) is 10.2 Å². The van der Waals surface area contributed by atoms with Crippen molar-refractivity contribution in [3.05, 3.63) is 23.8 Å². The predicted octanol–water partition coefficient (Wildman–Crippen LogP) is 1.67. The maximum absolute atomic E-state index is 11.8. The van der Waals surface area contributed by atoms with Gasteiger partial charge in [0.05, 0.1) is 14.2 Å². The molecule has 0 radical (unpaired) electrons. The fourth-order valence-electron chi connectivity index (χ4n) is 1.64. The van der Waals surface area contributed by atoms with Crippen LogP contribution in [-0.4, -0.2) is 32.5 Å². The lowest BCUT2D eigenvalue weighted by atomic mass is 9.97. The molecule has 122 valence electrons. The number of amides is 1. The van der Waals surface area contributed by atoms with E-state index in [4.69, 9.17) is 26.4 Å². The Kier molecular flexibility index (Phi) is 6.24. The van der Waals surface area contributed by atoms with Crippen molar-refractivity contribution in [3.63, 3.8) is 0 Å². The van der Waals surface area contributed by atoms with Gasteiger partial charge in [-0.15, -0.1) is 0 Å². The smallest absolute Gasteiger partial charge is 0.426 e. The summed E-state index contributed by atoms with van der Waals surface area (Å²) in [5, 5.41) is 2.94. The largest absolute Gasteiger partial charge is 0.497 e. The molecule has 1 aromatic carbocycles. The summed E-state index contributed by atoms with van der Waals surface area (Å²) in [4.78, 5) is 11.8. The van der Waals surface area contributed by atoms with Crippen LogP contribution in [0.25, 0.3) is 0 Å². The summed E-state index contributed by atoms with van der Waals surface area (Å²) in [5.74, 6) is 1.22. The van der Waals surface area contributed by atoms with Crippen LogP contribution in [0.5, 0.6) is 11.5 Å². The molecule has 22 heavy (non-hydrogen) atoms. The Balaban J connectivity index is 2.84. The third-order valence-corrected chi connectivity index (χ3v) is 3.21. The number of carbonyl (C=O) groups is 1. The van der Waals surface area contributed by atoms with Gasteiger partial charge in [0, 0.05) is 18.7 Å². The van der Waals surface area contributed by atoms with Crippen LogP contribution in [0.2, 0.25) is 0 Å². The Morgan fingerprint density at radius 1 is 1.09 bits per heavy atom. The zero-order valence-electron chi connectivity index (χ0n) is 13.3. The minimum absolute atomic E-state index is 0.276. The van der Waals surface area contributed by atoms with Crippen molar-refractivity contribution in [2.75, 3.05) is 21.3 Å². The van der Waals surface area contributed by atoms with E-state index >= 15 is 0 Å². The number of ether oxygens (including phenoxy) is 3. The highest BCUT2D eigenvalue weighted by Crippen LogP contribution is 2.32. The molecule has 0 heterocycles. The molecular weight excluding hydrogens is 306 g/mol.